The predicted molar refractivity (Wildman–Crippen MR) is 51.0 cm³/mol. The van der Waals surface area contributed by atoms with Gasteiger partial charge in [0, 0.05) is 19.5 Å². The van der Waals surface area contributed by atoms with E-state index in [-0.39, 0.29) is 12.5 Å². The Balaban J connectivity index is 3.23. The molecule has 4 heteroatoms. The van der Waals surface area contributed by atoms with Crippen LogP contribution >= 0.6 is 0 Å². The van der Waals surface area contributed by atoms with Crippen molar-refractivity contribution in [2.75, 3.05) is 26.3 Å². The Morgan fingerprint density at radius 1 is 1.62 bits per heavy atom. The maximum atomic E-state index is 11.0. The molecule has 0 fully saturated rings. The summed E-state index contributed by atoms with van der Waals surface area (Å²) in [5.41, 5.74) is 5.18. The Hall–Kier alpha value is -1.05. The van der Waals surface area contributed by atoms with E-state index in [1.165, 1.54) is 0 Å². The van der Waals surface area contributed by atoms with Gasteiger partial charge in [0.15, 0.2) is 0 Å². The first kappa shape index (κ1) is 11.9. The van der Waals surface area contributed by atoms with E-state index in [0.29, 0.717) is 26.1 Å². The van der Waals surface area contributed by atoms with Crippen LogP contribution < -0.4 is 11.1 Å². The molecule has 74 valence electrons. The first-order valence-corrected chi connectivity index (χ1v) is 4.25. The van der Waals surface area contributed by atoms with E-state index >= 15 is 0 Å². The molecule has 0 aromatic rings. The van der Waals surface area contributed by atoms with Gasteiger partial charge in [-0.05, 0) is 6.92 Å². The standard InChI is InChI=1S/C9H16N2O2/c1-2-3-4-6-11-9(12)8-13-7-5-10/h4-8,10H2,1H3,(H,11,12). The fraction of sp³-hybridized carbons (Fsp3) is 0.667. The molecular formula is C9H16N2O2. The second-order valence-corrected chi connectivity index (χ2v) is 2.37. The zero-order chi connectivity index (χ0) is 9.94. The fourth-order valence-electron chi connectivity index (χ4n) is 0.689. The van der Waals surface area contributed by atoms with Gasteiger partial charge < -0.3 is 15.8 Å². The van der Waals surface area contributed by atoms with Gasteiger partial charge in [0.2, 0.25) is 5.91 Å². The highest BCUT2D eigenvalue weighted by Crippen LogP contribution is 1.76. The van der Waals surface area contributed by atoms with Crippen LogP contribution in [0.25, 0.3) is 0 Å². The third-order valence-electron chi connectivity index (χ3n) is 1.24. The predicted octanol–water partition coefficient (Wildman–Crippen LogP) is -0.509. The van der Waals surface area contributed by atoms with Gasteiger partial charge in [0.1, 0.15) is 6.61 Å². The summed E-state index contributed by atoms with van der Waals surface area (Å²) in [5, 5.41) is 2.67. The van der Waals surface area contributed by atoms with Crippen molar-refractivity contribution in [2.24, 2.45) is 5.73 Å². The highest BCUT2D eigenvalue weighted by atomic mass is 16.5. The number of carbonyl (C=O) groups is 1. The van der Waals surface area contributed by atoms with Gasteiger partial charge in [0.25, 0.3) is 0 Å². The van der Waals surface area contributed by atoms with Crippen molar-refractivity contribution in [1.29, 1.82) is 0 Å². The molecule has 0 heterocycles. The molecule has 3 N–H and O–H groups in total. The van der Waals surface area contributed by atoms with Gasteiger partial charge in [-0.15, -0.1) is 11.8 Å². The number of nitrogens with two attached hydrogens (primary N) is 1. The quantitative estimate of drug-likeness (QED) is 0.432. The molecule has 0 atom stereocenters. The van der Waals surface area contributed by atoms with Crippen LogP contribution in [0.2, 0.25) is 0 Å². The number of carbonyl (C=O) groups excluding carboxylic acids is 1. The van der Waals surface area contributed by atoms with E-state index in [0.717, 1.165) is 0 Å². The number of hydrogen-bond donors (Lipinski definition) is 2. The summed E-state index contributed by atoms with van der Waals surface area (Å²) in [6, 6.07) is 0. The summed E-state index contributed by atoms with van der Waals surface area (Å²) in [5.74, 6) is 5.47. The van der Waals surface area contributed by atoms with Gasteiger partial charge in [0.05, 0.1) is 6.61 Å². The van der Waals surface area contributed by atoms with Gasteiger partial charge in [-0.25, -0.2) is 0 Å². The largest absolute Gasteiger partial charge is 0.370 e. The van der Waals surface area contributed by atoms with Crippen molar-refractivity contribution in [3.05, 3.63) is 0 Å². The molecule has 1 amide bonds. The third kappa shape index (κ3) is 8.86. The van der Waals surface area contributed by atoms with E-state index in [2.05, 4.69) is 17.2 Å². The number of nitrogens with one attached hydrogen (secondary N) is 1. The van der Waals surface area contributed by atoms with Gasteiger partial charge >= 0.3 is 0 Å². The number of hydrogen-bond acceptors (Lipinski definition) is 3. The zero-order valence-corrected chi connectivity index (χ0v) is 7.93. The Morgan fingerprint density at radius 3 is 3.00 bits per heavy atom. The van der Waals surface area contributed by atoms with Crippen LogP contribution in [0.1, 0.15) is 13.3 Å². The number of ether oxygens (including phenoxy) is 1. The maximum Gasteiger partial charge on any atom is 0.246 e. The van der Waals surface area contributed by atoms with E-state index in [9.17, 15) is 4.79 Å². The lowest BCUT2D eigenvalue weighted by Gasteiger charge is -2.02. The summed E-state index contributed by atoms with van der Waals surface area (Å²) in [7, 11) is 0. The average molecular weight is 184 g/mol. The van der Waals surface area contributed by atoms with Crippen LogP contribution in [0.5, 0.6) is 0 Å². The lowest BCUT2D eigenvalue weighted by atomic mass is 10.4. The summed E-state index contributed by atoms with van der Waals surface area (Å²) in [6.07, 6.45) is 0.680. The minimum Gasteiger partial charge on any atom is -0.370 e. The van der Waals surface area contributed by atoms with Crippen LogP contribution in [-0.2, 0) is 9.53 Å². The molecule has 0 aliphatic rings. The maximum absolute atomic E-state index is 11.0. The Labute approximate surface area is 78.8 Å². The smallest absolute Gasteiger partial charge is 0.246 e. The van der Waals surface area contributed by atoms with Crippen molar-refractivity contribution in [1.82, 2.24) is 5.32 Å². The molecule has 4 nitrogen and oxygen atoms in total. The highest BCUT2D eigenvalue weighted by molar-refractivity contribution is 5.77. The van der Waals surface area contributed by atoms with Crippen LogP contribution in [0, 0.1) is 11.8 Å². The zero-order valence-electron chi connectivity index (χ0n) is 7.93. The number of rotatable bonds is 6. The van der Waals surface area contributed by atoms with Crippen molar-refractivity contribution in [3.8, 4) is 11.8 Å². The lowest BCUT2D eigenvalue weighted by molar-refractivity contribution is -0.125. The second-order valence-electron chi connectivity index (χ2n) is 2.37. The van der Waals surface area contributed by atoms with E-state index in [1.807, 2.05) is 0 Å². The molecule has 0 unspecified atom stereocenters. The van der Waals surface area contributed by atoms with Gasteiger partial charge in [-0.1, -0.05) is 0 Å². The van der Waals surface area contributed by atoms with E-state index in [1.54, 1.807) is 6.92 Å². The molecule has 13 heavy (non-hydrogen) atoms. The minimum atomic E-state index is -0.119. The Kier molecular flexibility index (Phi) is 8.31. The fourth-order valence-corrected chi connectivity index (χ4v) is 0.689. The summed E-state index contributed by atoms with van der Waals surface area (Å²) in [4.78, 5) is 11.0. The first-order chi connectivity index (χ1) is 6.31. The summed E-state index contributed by atoms with van der Waals surface area (Å²) < 4.78 is 4.93. The average Bonchev–Trinajstić information content (AvgIpc) is 2.13. The molecule has 0 saturated carbocycles. The summed E-state index contributed by atoms with van der Waals surface area (Å²) in [6.45, 7) is 3.28. The lowest BCUT2D eigenvalue weighted by Crippen LogP contribution is -2.29. The molecule has 0 aliphatic carbocycles. The van der Waals surface area contributed by atoms with Crippen LogP contribution in [-0.4, -0.2) is 32.2 Å². The Morgan fingerprint density at radius 2 is 2.38 bits per heavy atom. The minimum absolute atomic E-state index is 0.0801. The van der Waals surface area contributed by atoms with Crippen LogP contribution in [0.4, 0.5) is 0 Å². The second kappa shape index (κ2) is 9.04. The molecule has 0 saturated heterocycles. The molecule has 0 aromatic carbocycles. The Bertz CT molecular complexity index is 194. The van der Waals surface area contributed by atoms with Crippen LogP contribution in [0.15, 0.2) is 0 Å². The van der Waals surface area contributed by atoms with Crippen LogP contribution in [0.3, 0.4) is 0 Å². The SMILES string of the molecule is CC#CCCNC(=O)COCCN. The molecular weight excluding hydrogens is 168 g/mol. The molecule has 0 spiro atoms. The van der Waals surface area contributed by atoms with Gasteiger partial charge in [-0.3, -0.25) is 4.79 Å². The van der Waals surface area contributed by atoms with Crippen molar-refractivity contribution >= 4 is 5.91 Å². The van der Waals surface area contributed by atoms with Crippen molar-refractivity contribution < 1.29 is 9.53 Å². The van der Waals surface area contributed by atoms with Crippen molar-refractivity contribution in [2.45, 2.75) is 13.3 Å². The normalized spacial score (nSPS) is 8.77. The number of amides is 1. The highest BCUT2D eigenvalue weighted by Gasteiger charge is 1.98. The van der Waals surface area contributed by atoms with E-state index < -0.39 is 0 Å². The monoisotopic (exact) mass is 184 g/mol. The van der Waals surface area contributed by atoms with Crippen molar-refractivity contribution in [3.63, 3.8) is 0 Å². The molecule has 0 bridgehead atoms. The third-order valence-corrected chi connectivity index (χ3v) is 1.24. The van der Waals surface area contributed by atoms with E-state index in [4.69, 9.17) is 10.5 Å². The first-order valence-electron chi connectivity index (χ1n) is 4.25. The topological polar surface area (TPSA) is 64.3 Å². The summed E-state index contributed by atoms with van der Waals surface area (Å²) >= 11 is 0. The molecule has 0 rings (SSSR count). The van der Waals surface area contributed by atoms with Gasteiger partial charge in [-0.2, -0.15) is 0 Å². The molecule has 0 aliphatic heterocycles. The molecule has 0 radical (unpaired) electrons. The molecule has 0 aromatic heterocycles.